The Morgan fingerprint density at radius 2 is 1.88 bits per heavy atom. The van der Waals surface area contributed by atoms with Crippen LogP contribution in [0.4, 0.5) is 4.39 Å². The lowest BCUT2D eigenvalue weighted by Crippen LogP contribution is -2.04. The molecule has 0 atom stereocenters. The molecule has 0 bridgehead atoms. The predicted octanol–water partition coefficient (Wildman–Crippen LogP) is 2.75. The van der Waals surface area contributed by atoms with Crippen LogP contribution in [0.25, 0.3) is 28.1 Å². The summed E-state index contributed by atoms with van der Waals surface area (Å²) in [7, 11) is 0. The second-order valence-corrected chi connectivity index (χ2v) is 5.86. The Hall–Kier alpha value is -3.68. The Bertz CT molecular complexity index is 1230. The van der Waals surface area contributed by atoms with Crippen LogP contribution in [0.1, 0.15) is 5.56 Å². The molecule has 0 N–H and O–H groups in total. The Balaban J connectivity index is 1.61. The van der Waals surface area contributed by atoms with Gasteiger partial charge in [0.25, 0.3) is 0 Å². The molecular weight excluding hydrogens is 333 g/mol. The van der Waals surface area contributed by atoms with E-state index >= 15 is 0 Å². The number of halogens is 1. The number of pyridine rings is 1. The zero-order valence-corrected chi connectivity index (χ0v) is 13.5. The average Bonchev–Trinajstić information content (AvgIpc) is 3.26. The molecule has 126 valence electrons. The van der Waals surface area contributed by atoms with E-state index in [0.717, 1.165) is 11.1 Å². The summed E-state index contributed by atoms with van der Waals surface area (Å²) in [4.78, 5) is 21.7. The summed E-state index contributed by atoms with van der Waals surface area (Å²) in [5.41, 5.74) is 3.76. The van der Waals surface area contributed by atoms with Crippen molar-refractivity contribution in [1.29, 1.82) is 0 Å². The van der Waals surface area contributed by atoms with E-state index in [1.165, 1.54) is 12.1 Å². The molecule has 0 spiro atoms. The van der Waals surface area contributed by atoms with E-state index in [-0.39, 0.29) is 5.82 Å². The van der Waals surface area contributed by atoms with Crippen LogP contribution in [0, 0.1) is 5.82 Å². The zero-order chi connectivity index (χ0) is 17.5. The highest BCUT2D eigenvalue weighted by atomic mass is 19.1. The molecular formula is C18H12FN7. The number of hydrogen-bond donors (Lipinski definition) is 0. The summed E-state index contributed by atoms with van der Waals surface area (Å²) in [6.07, 6.45) is 8.55. The normalized spacial score (nSPS) is 11.4. The minimum atomic E-state index is -0.325. The summed E-state index contributed by atoms with van der Waals surface area (Å²) < 4.78 is 17.1. The second-order valence-electron chi connectivity index (χ2n) is 5.86. The number of nitrogens with zero attached hydrogens (tertiary/aromatic N) is 7. The average molecular weight is 345 g/mol. The molecule has 1 aromatic carbocycles. The second kappa shape index (κ2) is 5.69. The highest BCUT2D eigenvalue weighted by Gasteiger charge is 2.11. The first kappa shape index (κ1) is 14.6. The monoisotopic (exact) mass is 345 g/mol. The van der Waals surface area contributed by atoms with Gasteiger partial charge in [0.05, 0.1) is 30.1 Å². The van der Waals surface area contributed by atoms with Gasteiger partial charge >= 0.3 is 0 Å². The Morgan fingerprint density at radius 1 is 0.962 bits per heavy atom. The molecule has 0 aliphatic heterocycles. The molecule has 5 aromatic rings. The Kier molecular flexibility index (Phi) is 3.21. The van der Waals surface area contributed by atoms with Crippen LogP contribution < -0.4 is 0 Å². The van der Waals surface area contributed by atoms with Gasteiger partial charge in [-0.2, -0.15) is 4.98 Å². The molecule has 7 nitrogen and oxygen atoms in total. The van der Waals surface area contributed by atoms with E-state index in [1.54, 1.807) is 35.7 Å². The molecule has 0 radical (unpaired) electrons. The number of fused-ring (bicyclic) bond motifs is 2. The van der Waals surface area contributed by atoms with E-state index in [4.69, 9.17) is 0 Å². The molecule has 0 saturated heterocycles. The minimum absolute atomic E-state index is 0.325. The van der Waals surface area contributed by atoms with Crippen molar-refractivity contribution in [3.63, 3.8) is 0 Å². The van der Waals surface area contributed by atoms with Crippen molar-refractivity contribution >= 4 is 22.2 Å². The molecule has 0 saturated carbocycles. The highest BCUT2D eigenvalue weighted by Crippen LogP contribution is 2.19. The lowest BCUT2D eigenvalue weighted by atomic mass is 10.3. The molecule has 0 fully saturated rings. The maximum atomic E-state index is 13.4. The van der Waals surface area contributed by atoms with Crippen LogP contribution in [0.3, 0.4) is 0 Å². The van der Waals surface area contributed by atoms with Gasteiger partial charge in [-0.3, -0.25) is 9.55 Å². The van der Waals surface area contributed by atoms with E-state index in [9.17, 15) is 4.39 Å². The fourth-order valence-corrected chi connectivity index (χ4v) is 2.91. The minimum Gasteiger partial charge on any atom is -0.311 e. The van der Waals surface area contributed by atoms with Gasteiger partial charge in [-0.15, -0.1) is 0 Å². The molecule has 26 heavy (non-hydrogen) atoms. The number of hydrogen-bond acceptors (Lipinski definition) is 5. The smallest absolute Gasteiger partial charge is 0.237 e. The number of aromatic nitrogens is 7. The lowest BCUT2D eigenvalue weighted by Gasteiger charge is -2.05. The molecule has 4 heterocycles. The van der Waals surface area contributed by atoms with Crippen molar-refractivity contribution in [2.24, 2.45) is 0 Å². The SMILES string of the molecule is Fc1ccc2c(c1)ncn2-c1ncc2ncn(Cc3cccnc3)c2n1. The van der Waals surface area contributed by atoms with Crippen LogP contribution in [0.2, 0.25) is 0 Å². The first-order valence-electron chi connectivity index (χ1n) is 7.98. The molecule has 5 rings (SSSR count). The standard InChI is InChI=1S/C18H12FN7/c19-13-3-4-16-14(6-13)23-11-26(16)18-21-8-15-17(24-18)25(10-22-15)9-12-2-1-5-20-7-12/h1-8,10-11H,9H2. The number of imidazole rings is 2. The van der Waals surface area contributed by atoms with E-state index < -0.39 is 0 Å². The largest absolute Gasteiger partial charge is 0.311 e. The van der Waals surface area contributed by atoms with Crippen LogP contribution >= 0.6 is 0 Å². The molecule has 0 aliphatic rings. The summed E-state index contributed by atoms with van der Waals surface area (Å²) in [6, 6.07) is 8.34. The Labute approximate surface area is 146 Å². The van der Waals surface area contributed by atoms with Crippen molar-refractivity contribution in [3.05, 3.63) is 73.0 Å². The van der Waals surface area contributed by atoms with E-state index in [0.29, 0.717) is 29.2 Å². The summed E-state index contributed by atoms with van der Waals surface area (Å²) in [6.45, 7) is 0.608. The van der Waals surface area contributed by atoms with Gasteiger partial charge in [-0.25, -0.2) is 19.3 Å². The third-order valence-electron chi connectivity index (χ3n) is 4.15. The van der Waals surface area contributed by atoms with Crippen LogP contribution in [-0.2, 0) is 6.54 Å². The van der Waals surface area contributed by atoms with Gasteiger partial charge in [0, 0.05) is 18.5 Å². The zero-order valence-electron chi connectivity index (χ0n) is 13.5. The Morgan fingerprint density at radius 3 is 2.77 bits per heavy atom. The molecule has 0 amide bonds. The van der Waals surface area contributed by atoms with Crippen molar-refractivity contribution in [2.75, 3.05) is 0 Å². The number of rotatable bonds is 3. The van der Waals surface area contributed by atoms with Crippen molar-refractivity contribution in [1.82, 2.24) is 34.1 Å². The third-order valence-corrected chi connectivity index (χ3v) is 4.15. The van der Waals surface area contributed by atoms with Gasteiger partial charge < -0.3 is 4.57 Å². The van der Waals surface area contributed by atoms with E-state index in [2.05, 4.69) is 24.9 Å². The van der Waals surface area contributed by atoms with Crippen LogP contribution in [0.15, 0.2) is 61.6 Å². The van der Waals surface area contributed by atoms with Gasteiger partial charge in [-0.1, -0.05) is 6.07 Å². The molecule has 0 unspecified atom stereocenters. The van der Waals surface area contributed by atoms with E-state index in [1.807, 2.05) is 22.9 Å². The van der Waals surface area contributed by atoms with Crippen molar-refractivity contribution < 1.29 is 4.39 Å². The maximum Gasteiger partial charge on any atom is 0.237 e. The van der Waals surface area contributed by atoms with Crippen LogP contribution in [-0.4, -0.2) is 34.1 Å². The van der Waals surface area contributed by atoms with Crippen molar-refractivity contribution in [3.8, 4) is 5.95 Å². The summed E-state index contributed by atoms with van der Waals surface area (Å²) in [5, 5.41) is 0. The third kappa shape index (κ3) is 2.39. The quantitative estimate of drug-likeness (QED) is 0.503. The first-order valence-corrected chi connectivity index (χ1v) is 7.98. The summed E-state index contributed by atoms with van der Waals surface area (Å²) in [5.74, 6) is 0.133. The molecule has 4 aromatic heterocycles. The molecule has 0 aliphatic carbocycles. The van der Waals surface area contributed by atoms with Crippen molar-refractivity contribution in [2.45, 2.75) is 6.54 Å². The van der Waals surface area contributed by atoms with Gasteiger partial charge in [0.1, 0.15) is 17.7 Å². The number of benzene rings is 1. The van der Waals surface area contributed by atoms with Gasteiger partial charge in [0.15, 0.2) is 5.65 Å². The summed E-state index contributed by atoms with van der Waals surface area (Å²) >= 11 is 0. The van der Waals surface area contributed by atoms with Gasteiger partial charge in [-0.05, 0) is 23.8 Å². The fourth-order valence-electron chi connectivity index (χ4n) is 2.91. The maximum absolute atomic E-state index is 13.4. The topological polar surface area (TPSA) is 74.3 Å². The lowest BCUT2D eigenvalue weighted by molar-refractivity contribution is 0.629. The van der Waals surface area contributed by atoms with Crippen LogP contribution in [0.5, 0.6) is 0 Å². The predicted molar refractivity (Wildman–Crippen MR) is 93.2 cm³/mol. The first-order chi connectivity index (χ1) is 12.8. The fraction of sp³-hybridized carbons (Fsp3) is 0.0556. The highest BCUT2D eigenvalue weighted by molar-refractivity contribution is 5.77. The molecule has 8 heteroatoms. The van der Waals surface area contributed by atoms with Gasteiger partial charge in [0.2, 0.25) is 5.95 Å².